The van der Waals surface area contributed by atoms with E-state index in [4.69, 9.17) is 16.3 Å². The number of nitrogens with zero attached hydrogens (tertiary/aromatic N) is 1. The Kier molecular flexibility index (Phi) is 3.96. The summed E-state index contributed by atoms with van der Waals surface area (Å²) in [5.41, 5.74) is 1.28. The van der Waals surface area contributed by atoms with Crippen LogP contribution in [0.4, 0.5) is 0 Å². The van der Waals surface area contributed by atoms with Crippen LogP contribution < -0.4 is 10.1 Å². The molecule has 19 heavy (non-hydrogen) atoms. The Balaban J connectivity index is 1.72. The first kappa shape index (κ1) is 13.2. The second kappa shape index (κ2) is 5.70. The summed E-state index contributed by atoms with van der Waals surface area (Å²) < 4.78 is 5.20. The molecule has 0 radical (unpaired) electrons. The standard InChI is InChI=1S/C15H21ClN2O/c1-19-15-5-4-11(7-13(15)16)10-18-6-2-3-12-8-17-9-14(12)18/h4-5,7,12,14,17H,2-3,6,8-10H2,1H3. The third-order valence-electron chi connectivity index (χ3n) is 4.40. The van der Waals surface area contributed by atoms with Gasteiger partial charge in [0, 0.05) is 19.1 Å². The van der Waals surface area contributed by atoms with Crippen LogP contribution in [0.15, 0.2) is 18.2 Å². The fourth-order valence-electron chi connectivity index (χ4n) is 3.40. The lowest BCUT2D eigenvalue weighted by Gasteiger charge is -2.37. The van der Waals surface area contributed by atoms with Crippen LogP contribution in [0.5, 0.6) is 5.75 Å². The molecular weight excluding hydrogens is 260 g/mol. The number of fused-ring (bicyclic) bond motifs is 1. The molecule has 1 aromatic carbocycles. The van der Waals surface area contributed by atoms with Crippen LogP contribution >= 0.6 is 11.6 Å². The smallest absolute Gasteiger partial charge is 0.137 e. The first-order chi connectivity index (χ1) is 9.28. The molecule has 1 aromatic rings. The van der Waals surface area contributed by atoms with E-state index in [-0.39, 0.29) is 0 Å². The van der Waals surface area contributed by atoms with E-state index in [0.717, 1.165) is 24.8 Å². The Bertz CT molecular complexity index is 452. The van der Waals surface area contributed by atoms with Gasteiger partial charge in [0.15, 0.2) is 0 Å². The maximum Gasteiger partial charge on any atom is 0.137 e. The highest BCUT2D eigenvalue weighted by molar-refractivity contribution is 6.32. The molecule has 4 heteroatoms. The largest absolute Gasteiger partial charge is 0.495 e. The highest BCUT2D eigenvalue weighted by Crippen LogP contribution is 2.30. The van der Waals surface area contributed by atoms with Crippen LogP contribution in [0.25, 0.3) is 0 Å². The van der Waals surface area contributed by atoms with Crippen molar-refractivity contribution >= 4 is 11.6 Å². The predicted molar refractivity (Wildman–Crippen MR) is 77.8 cm³/mol. The summed E-state index contributed by atoms with van der Waals surface area (Å²) in [5, 5.41) is 4.23. The van der Waals surface area contributed by atoms with Gasteiger partial charge >= 0.3 is 0 Å². The number of halogens is 1. The van der Waals surface area contributed by atoms with E-state index in [1.807, 2.05) is 12.1 Å². The van der Waals surface area contributed by atoms with E-state index >= 15 is 0 Å². The van der Waals surface area contributed by atoms with E-state index in [9.17, 15) is 0 Å². The molecule has 0 saturated carbocycles. The van der Waals surface area contributed by atoms with E-state index < -0.39 is 0 Å². The molecule has 2 atom stereocenters. The zero-order valence-electron chi connectivity index (χ0n) is 11.4. The van der Waals surface area contributed by atoms with Crippen molar-refractivity contribution in [1.82, 2.24) is 10.2 Å². The van der Waals surface area contributed by atoms with Crippen molar-refractivity contribution in [3.8, 4) is 5.75 Å². The molecule has 2 saturated heterocycles. The van der Waals surface area contributed by atoms with E-state index in [2.05, 4.69) is 16.3 Å². The Morgan fingerprint density at radius 3 is 3.11 bits per heavy atom. The molecule has 104 valence electrons. The van der Waals surface area contributed by atoms with Crippen LogP contribution in [-0.2, 0) is 6.54 Å². The molecule has 2 heterocycles. The molecule has 0 amide bonds. The monoisotopic (exact) mass is 280 g/mol. The molecule has 3 nitrogen and oxygen atoms in total. The number of benzene rings is 1. The van der Waals surface area contributed by atoms with Crippen molar-refractivity contribution in [3.05, 3.63) is 28.8 Å². The summed E-state index contributed by atoms with van der Waals surface area (Å²) in [6.07, 6.45) is 2.68. The minimum atomic E-state index is 0.703. The molecule has 1 N–H and O–H groups in total. The van der Waals surface area contributed by atoms with Crippen LogP contribution in [0.1, 0.15) is 18.4 Å². The van der Waals surface area contributed by atoms with Gasteiger partial charge in [-0.25, -0.2) is 0 Å². The average Bonchev–Trinajstić information content (AvgIpc) is 2.88. The van der Waals surface area contributed by atoms with Gasteiger partial charge in [0.1, 0.15) is 5.75 Å². The maximum atomic E-state index is 6.20. The van der Waals surface area contributed by atoms with Gasteiger partial charge in [-0.1, -0.05) is 17.7 Å². The maximum absolute atomic E-state index is 6.20. The van der Waals surface area contributed by atoms with E-state index in [1.165, 1.54) is 31.5 Å². The number of hydrogen-bond donors (Lipinski definition) is 1. The lowest BCUT2D eigenvalue weighted by Crippen LogP contribution is -2.44. The van der Waals surface area contributed by atoms with Crippen molar-refractivity contribution < 1.29 is 4.74 Å². The second-order valence-electron chi connectivity index (χ2n) is 5.57. The predicted octanol–water partition coefficient (Wildman–Crippen LogP) is 2.53. The van der Waals surface area contributed by atoms with Gasteiger partial charge in [0.25, 0.3) is 0 Å². The average molecular weight is 281 g/mol. The first-order valence-corrected chi connectivity index (χ1v) is 7.43. The Hall–Kier alpha value is -0.770. The van der Waals surface area contributed by atoms with Crippen LogP contribution in [0.2, 0.25) is 5.02 Å². The van der Waals surface area contributed by atoms with Gasteiger partial charge in [0.2, 0.25) is 0 Å². The molecule has 2 fully saturated rings. The number of methoxy groups -OCH3 is 1. The van der Waals surface area contributed by atoms with Crippen LogP contribution in [0, 0.1) is 5.92 Å². The lowest BCUT2D eigenvalue weighted by atomic mass is 9.91. The zero-order chi connectivity index (χ0) is 13.2. The Morgan fingerprint density at radius 2 is 2.32 bits per heavy atom. The number of piperidine rings is 1. The second-order valence-corrected chi connectivity index (χ2v) is 5.97. The molecular formula is C15H21ClN2O. The van der Waals surface area contributed by atoms with Crippen molar-refractivity contribution in [2.75, 3.05) is 26.7 Å². The van der Waals surface area contributed by atoms with Crippen LogP contribution in [-0.4, -0.2) is 37.7 Å². The summed E-state index contributed by atoms with van der Waals surface area (Å²) in [7, 11) is 1.65. The van der Waals surface area contributed by atoms with Crippen molar-refractivity contribution in [2.45, 2.75) is 25.4 Å². The summed E-state index contributed by atoms with van der Waals surface area (Å²) in [6.45, 7) is 4.51. The van der Waals surface area contributed by atoms with E-state index in [0.29, 0.717) is 11.1 Å². The van der Waals surface area contributed by atoms with Gasteiger partial charge in [-0.3, -0.25) is 4.90 Å². The number of hydrogen-bond acceptors (Lipinski definition) is 3. The van der Waals surface area contributed by atoms with Crippen molar-refractivity contribution in [2.24, 2.45) is 5.92 Å². The molecule has 0 aliphatic carbocycles. The summed E-state index contributed by atoms with van der Waals surface area (Å²) in [6, 6.07) is 6.82. The number of rotatable bonds is 3. The third kappa shape index (κ3) is 2.73. The fraction of sp³-hybridized carbons (Fsp3) is 0.600. The van der Waals surface area contributed by atoms with Gasteiger partial charge in [-0.2, -0.15) is 0 Å². The minimum Gasteiger partial charge on any atom is -0.495 e. The highest BCUT2D eigenvalue weighted by atomic mass is 35.5. The summed E-state index contributed by atoms with van der Waals surface area (Å²) in [5.74, 6) is 1.59. The van der Waals surface area contributed by atoms with Gasteiger partial charge in [-0.15, -0.1) is 0 Å². The SMILES string of the molecule is COc1ccc(CN2CCCC3CNCC32)cc1Cl. The van der Waals surface area contributed by atoms with Gasteiger partial charge in [-0.05, 0) is 49.5 Å². The Labute approximate surface area is 119 Å². The Morgan fingerprint density at radius 1 is 1.42 bits per heavy atom. The molecule has 2 aliphatic rings. The zero-order valence-corrected chi connectivity index (χ0v) is 12.1. The molecule has 2 aliphatic heterocycles. The molecule has 0 bridgehead atoms. The summed E-state index contributed by atoms with van der Waals surface area (Å²) >= 11 is 6.20. The van der Waals surface area contributed by atoms with Crippen molar-refractivity contribution in [1.29, 1.82) is 0 Å². The third-order valence-corrected chi connectivity index (χ3v) is 4.69. The summed E-state index contributed by atoms with van der Waals surface area (Å²) in [4.78, 5) is 2.60. The van der Waals surface area contributed by atoms with Crippen LogP contribution in [0.3, 0.4) is 0 Å². The molecule has 2 unspecified atom stereocenters. The normalized spacial score (nSPS) is 27.3. The first-order valence-electron chi connectivity index (χ1n) is 7.05. The number of likely N-dealkylation sites (tertiary alicyclic amines) is 1. The lowest BCUT2D eigenvalue weighted by molar-refractivity contribution is 0.117. The molecule has 3 rings (SSSR count). The highest BCUT2D eigenvalue weighted by Gasteiger charge is 2.34. The van der Waals surface area contributed by atoms with Gasteiger partial charge < -0.3 is 10.1 Å². The number of nitrogens with one attached hydrogen (secondary N) is 1. The molecule has 0 aromatic heterocycles. The fourth-order valence-corrected chi connectivity index (χ4v) is 3.68. The van der Waals surface area contributed by atoms with Gasteiger partial charge in [0.05, 0.1) is 12.1 Å². The quantitative estimate of drug-likeness (QED) is 0.921. The topological polar surface area (TPSA) is 24.5 Å². The van der Waals surface area contributed by atoms with E-state index in [1.54, 1.807) is 7.11 Å². The number of ether oxygens (including phenoxy) is 1. The molecule has 0 spiro atoms. The minimum absolute atomic E-state index is 0.703. The van der Waals surface area contributed by atoms with Crippen molar-refractivity contribution in [3.63, 3.8) is 0 Å².